The third-order valence-electron chi connectivity index (χ3n) is 3.16. The molecule has 0 aliphatic rings. The summed E-state index contributed by atoms with van der Waals surface area (Å²) in [6.07, 6.45) is 0.620. The van der Waals surface area contributed by atoms with Gasteiger partial charge in [-0.15, -0.1) is 12.4 Å². The number of hydrogen-bond acceptors (Lipinski definition) is 3. The average molecular weight is 306 g/mol. The van der Waals surface area contributed by atoms with E-state index in [2.05, 4.69) is 5.32 Å². The highest BCUT2D eigenvalue weighted by molar-refractivity contribution is 6.00. The van der Waals surface area contributed by atoms with Crippen LogP contribution in [0.4, 0.5) is 0 Å². The molecule has 4 heteroatoms. The maximum atomic E-state index is 12.5. The predicted molar refractivity (Wildman–Crippen MR) is 87.0 cm³/mol. The molecule has 2 N–H and O–H groups in total. The Morgan fingerprint density at radius 1 is 1.00 bits per heavy atom. The number of benzene rings is 2. The van der Waals surface area contributed by atoms with Crippen LogP contribution >= 0.6 is 12.4 Å². The van der Waals surface area contributed by atoms with Gasteiger partial charge in [0.25, 0.3) is 0 Å². The Morgan fingerprint density at radius 3 is 2.14 bits per heavy atom. The standard InChI is InChI=1S/C17H19NO2.ClH/c19-12-11-18-16(13-14-7-3-1-4-8-14)17(20)15-9-5-2-6-10-15;/h1-10,16,18-19H,11-13H2;1H. The van der Waals surface area contributed by atoms with Gasteiger partial charge in [0, 0.05) is 12.1 Å². The summed E-state index contributed by atoms with van der Waals surface area (Å²) in [4.78, 5) is 12.5. The van der Waals surface area contributed by atoms with Crippen LogP contribution in [0.15, 0.2) is 60.7 Å². The zero-order chi connectivity index (χ0) is 14.2. The fourth-order valence-corrected chi connectivity index (χ4v) is 2.15. The van der Waals surface area contributed by atoms with Crippen molar-refractivity contribution in [2.24, 2.45) is 0 Å². The third-order valence-corrected chi connectivity index (χ3v) is 3.16. The Hall–Kier alpha value is -1.68. The maximum Gasteiger partial charge on any atom is 0.180 e. The highest BCUT2D eigenvalue weighted by atomic mass is 35.5. The van der Waals surface area contributed by atoms with Gasteiger partial charge in [-0.25, -0.2) is 0 Å². The molecule has 21 heavy (non-hydrogen) atoms. The molecule has 2 rings (SSSR count). The molecule has 2 aromatic carbocycles. The van der Waals surface area contributed by atoms with Gasteiger partial charge >= 0.3 is 0 Å². The number of aliphatic hydroxyl groups is 1. The first-order valence-electron chi connectivity index (χ1n) is 6.78. The number of halogens is 1. The van der Waals surface area contributed by atoms with Gasteiger partial charge in [-0.1, -0.05) is 60.7 Å². The molecule has 0 heterocycles. The largest absolute Gasteiger partial charge is 0.395 e. The highest BCUT2D eigenvalue weighted by Gasteiger charge is 2.19. The second kappa shape index (κ2) is 9.29. The van der Waals surface area contributed by atoms with Crippen molar-refractivity contribution in [3.8, 4) is 0 Å². The minimum Gasteiger partial charge on any atom is -0.395 e. The van der Waals surface area contributed by atoms with Crippen LogP contribution in [0.3, 0.4) is 0 Å². The van der Waals surface area contributed by atoms with Crippen LogP contribution in [0.5, 0.6) is 0 Å². The van der Waals surface area contributed by atoms with Crippen LogP contribution in [-0.2, 0) is 6.42 Å². The van der Waals surface area contributed by atoms with Crippen LogP contribution in [0, 0.1) is 0 Å². The van der Waals surface area contributed by atoms with Crippen LogP contribution in [-0.4, -0.2) is 30.1 Å². The van der Waals surface area contributed by atoms with Gasteiger partial charge in [0.2, 0.25) is 0 Å². The number of rotatable bonds is 7. The molecule has 0 saturated carbocycles. The number of aliphatic hydroxyl groups excluding tert-OH is 1. The molecule has 1 unspecified atom stereocenters. The quantitative estimate of drug-likeness (QED) is 0.773. The van der Waals surface area contributed by atoms with Crippen molar-refractivity contribution in [2.75, 3.05) is 13.2 Å². The zero-order valence-electron chi connectivity index (χ0n) is 11.7. The minimum absolute atomic E-state index is 0. The number of Topliss-reactive ketones (excluding diaryl/α,β-unsaturated/α-hetero) is 1. The molecule has 0 aliphatic carbocycles. The summed E-state index contributed by atoms with van der Waals surface area (Å²) in [6.45, 7) is 0.434. The Labute approximate surface area is 131 Å². The molecule has 0 aliphatic heterocycles. The normalized spacial score (nSPS) is 11.5. The van der Waals surface area contributed by atoms with E-state index in [-0.39, 0.29) is 30.8 Å². The molecule has 0 aromatic heterocycles. The molecule has 0 fully saturated rings. The van der Waals surface area contributed by atoms with Gasteiger partial charge in [0.05, 0.1) is 12.6 Å². The van der Waals surface area contributed by atoms with Crippen LogP contribution < -0.4 is 5.32 Å². The molecular formula is C17H20ClNO2. The summed E-state index contributed by atoms with van der Waals surface area (Å²) in [5.74, 6) is 0.0582. The Balaban J connectivity index is 0.00000220. The van der Waals surface area contributed by atoms with Crippen molar-refractivity contribution in [3.63, 3.8) is 0 Å². The second-order valence-electron chi connectivity index (χ2n) is 4.65. The second-order valence-corrected chi connectivity index (χ2v) is 4.65. The van der Waals surface area contributed by atoms with Gasteiger partial charge in [0.15, 0.2) is 5.78 Å². The maximum absolute atomic E-state index is 12.5. The number of nitrogens with one attached hydrogen (secondary N) is 1. The van der Waals surface area contributed by atoms with Crippen LogP contribution in [0.2, 0.25) is 0 Å². The SMILES string of the molecule is Cl.O=C(c1ccccc1)C(Cc1ccccc1)NCCO. The number of hydrogen-bond donors (Lipinski definition) is 2. The molecule has 112 valence electrons. The van der Waals surface area contributed by atoms with Crippen molar-refractivity contribution in [2.45, 2.75) is 12.5 Å². The molecule has 2 aromatic rings. The van der Waals surface area contributed by atoms with Gasteiger partial charge in [-0.3, -0.25) is 4.79 Å². The van der Waals surface area contributed by atoms with E-state index >= 15 is 0 Å². The monoisotopic (exact) mass is 305 g/mol. The first kappa shape index (κ1) is 17.4. The Bertz CT molecular complexity index is 531. The van der Waals surface area contributed by atoms with E-state index in [1.165, 1.54) is 0 Å². The topological polar surface area (TPSA) is 49.3 Å². The van der Waals surface area contributed by atoms with Gasteiger partial charge < -0.3 is 10.4 Å². The number of ketones is 1. The van der Waals surface area contributed by atoms with E-state index in [9.17, 15) is 4.79 Å². The Morgan fingerprint density at radius 2 is 1.57 bits per heavy atom. The summed E-state index contributed by atoms with van der Waals surface area (Å²) in [7, 11) is 0. The predicted octanol–water partition coefficient (Wildman–Crippen LogP) is 2.48. The smallest absolute Gasteiger partial charge is 0.180 e. The van der Waals surface area contributed by atoms with E-state index < -0.39 is 0 Å². The van der Waals surface area contributed by atoms with Gasteiger partial charge in [-0.2, -0.15) is 0 Å². The first-order valence-corrected chi connectivity index (χ1v) is 6.78. The first-order chi connectivity index (χ1) is 9.81. The van der Waals surface area contributed by atoms with Gasteiger partial charge in [0.1, 0.15) is 0 Å². The van der Waals surface area contributed by atoms with Crippen molar-refractivity contribution >= 4 is 18.2 Å². The molecule has 0 bridgehead atoms. The molecular weight excluding hydrogens is 286 g/mol. The summed E-state index contributed by atoms with van der Waals surface area (Å²) >= 11 is 0. The Kier molecular flexibility index (Phi) is 7.69. The van der Waals surface area contributed by atoms with E-state index in [1.54, 1.807) is 0 Å². The third kappa shape index (κ3) is 5.31. The molecule has 0 radical (unpaired) electrons. The van der Waals surface area contributed by atoms with Crippen LogP contribution in [0.1, 0.15) is 15.9 Å². The average Bonchev–Trinajstić information content (AvgIpc) is 2.52. The fourth-order valence-electron chi connectivity index (χ4n) is 2.15. The van der Waals surface area contributed by atoms with Crippen LogP contribution in [0.25, 0.3) is 0 Å². The number of carbonyl (C=O) groups is 1. The minimum atomic E-state index is -0.313. The highest BCUT2D eigenvalue weighted by Crippen LogP contribution is 2.09. The van der Waals surface area contributed by atoms with Gasteiger partial charge in [-0.05, 0) is 12.0 Å². The summed E-state index contributed by atoms with van der Waals surface area (Å²) in [5, 5.41) is 12.1. The lowest BCUT2D eigenvalue weighted by molar-refractivity contribution is 0.0939. The fraction of sp³-hybridized carbons (Fsp3) is 0.235. The van der Waals surface area contributed by atoms with E-state index in [4.69, 9.17) is 5.11 Å². The lowest BCUT2D eigenvalue weighted by Crippen LogP contribution is -2.40. The summed E-state index contributed by atoms with van der Waals surface area (Å²) in [6, 6.07) is 18.8. The number of carbonyl (C=O) groups excluding carboxylic acids is 1. The van der Waals surface area contributed by atoms with Crippen molar-refractivity contribution in [1.29, 1.82) is 0 Å². The lowest BCUT2D eigenvalue weighted by Gasteiger charge is -2.17. The summed E-state index contributed by atoms with van der Waals surface area (Å²) < 4.78 is 0. The summed E-state index contributed by atoms with van der Waals surface area (Å²) in [5.41, 5.74) is 1.80. The molecule has 1 atom stereocenters. The zero-order valence-corrected chi connectivity index (χ0v) is 12.6. The van der Waals surface area contributed by atoms with Crippen molar-refractivity contribution < 1.29 is 9.90 Å². The van der Waals surface area contributed by atoms with Crippen molar-refractivity contribution in [3.05, 3.63) is 71.8 Å². The van der Waals surface area contributed by atoms with E-state index in [0.717, 1.165) is 5.56 Å². The molecule has 3 nitrogen and oxygen atoms in total. The van der Waals surface area contributed by atoms with Crippen molar-refractivity contribution in [1.82, 2.24) is 5.32 Å². The molecule has 0 spiro atoms. The van der Waals surface area contributed by atoms with E-state index in [0.29, 0.717) is 18.5 Å². The molecule has 0 saturated heterocycles. The lowest BCUT2D eigenvalue weighted by atomic mass is 9.97. The van der Waals surface area contributed by atoms with E-state index in [1.807, 2.05) is 60.7 Å². The molecule has 0 amide bonds.